The number of amides is 1. The van der Waals surface area contributed by atoms with Crippen LogP contribution in [-0.2, 0) is 11.3 Å². The molecule has 1 fully saturated rings. The van der Waals surface area contributed by atoms with Gasteiger partial charge >= 0.3 is 0 Å². The van der Waals surface area contributed by atoms with Gasteiger partial charge in [-0.1, -0.05) is 22.9 Å². The molecule has 5 heteroatoms. The topological polar surface area (TPSA) is 44.4 Å². The third kappa shape index (κ3) is 4.21. The molecule has 0 bridgehead atoms. The zero-order valence-corrected chi connectivity index (χ0v) is 13.5. The quantitative estimate of drug-likeness (QED) is 0.809. The second-order valence-corrected chi connectivity index (χ2v) is 5.99. The van der Waals surface area contributed by atoms with Crippen molar-refractivity contribution in [3.8, 4) is 0 Å². The lowest BCUT2D eigenvalue weighted by Gasteiger charge is -2.24. The van der Waals surface area contributed by atoms with Gasteiger partial charge < -0.3 is 15.5 Å². The molecule has 0 atom stereocenters. The van der Waals surface area contributed by atoms with Crippen molar-refractivity contribution in [3.63, 3.8) is 0 Å². The zero-order valence-electron chi connectivity index (χ0n) is 11.9. The third-order valence-corrected chi connectivity index (χ3v) is 3.88. The molecule has 4 nitrogen and oxygen atoms in total. The Morgan fingerprint density at radius 3 is 3.10 bits per heavy atom. The molecule has 1 aromatic rings. The number of benzene rings is 1. The van der Waals surface area contributed by atoms with E-state index in [0.717, 1.165) is 49.2 Å². The summed E-state index contributed by atoms with van der Waals surface area (Å²) < 4.78 is 1.08. The maximum Gasteiger partial charge on any atom is 0.239 e. The summed E-state index contributed by atoms with van der Waals surface area (Å²) in [6.07, 6.45) is 2.11. The van der Waals surface area contributed by atoms with E-state index in [4.69, 9.17) is 0 Å². The SMILES string of the molecule is CCCNCc1cc(Br)ccc1N1CCCNC(=O)C1. The highest BCUT2D eigenvalue weighted by molar-refractivity contribution is 9.10. The highest BCUT2D eigenvalue weighted by Gasteiger charge is 2.17. The summed E-state index contributed by atoms with van der Waals surface area (Å²) in [6, 6.07) is 6.29. The summed E-state index contributed by atoms with van der Waals surface area (Å²) in [5.74, 6) is 0.109. The Hall–Kier alpha value is -1.07. The van der Waals surface area contributed by atoms with E-state index < -0.39 is 0 Å². The number of carbonyl (C=O) groups excluding carboxylic acids is 1. The van der Waals surface area contributed by atoms with E-state index in [0.29, 0.717) is 6.54 Å². The van der Waals surface area contributed by atoms with Crippen LogP contribution in [-0.4, -0.2) is 32.1 Å². The second-order valence-electron chi connectivity index (χ2n) is 5.07. The smallest absolute Gasteiger partial charge is 0.239 e. The third-order valence-electron chi connectivity index (χ3n) is 3.39. The Morgan fingerprint density at radius 2 is 2.30 bits per heavy atom. The van der Waals surface area contributed by atoms with Gasteiger partial charge in [0.05, 0.1) is 6.54 Å². The number of nitrogens with zero attached hydrogens (tertiary/aromatic N) is 1. The van der Waals surface area contributed by atoms with E-state index >= 15 is 0 Å². The van der Waals surface area contributed by atoms with Crippen molar-refractivity contribution in [2.45, 2.75) is 26.3 Å². The molecule has 1 aromatic carbocycles. The summed E-state index contributed by atoms with van der Waals surface area (Å²) >= 11 is 3.53. The van der Waals surface area contributed by atoms with Gasteiger partial charge in [0, 0.05) is 29.8 Å². The number of rotatable bonds is 5. The van der Waals surface area contributed by atoms with Crippen LogP contribution in [0.15, 0.2) is 22.7 Å². The first-order valence-electron chi connectivity index (χ1n) is 7.21. The van der Waals surface area contributed by atoms with Gasteiger partial charge in [-0.05, 0) is 43.1 Å². The lowest BCUT2D eigenvalue weighted by atomic mass is 10.1. The van der Waals surface area contributed by atoms with Crippen molar-refractivity contribution >= 4 is 27.5 Å². The molecule has 1 heterocycles. The Balaban J connectivity index is 2.17. The average Bonchev–Trinajstić information content (AvgIpc) is 2.64. The molecule has 1 amide bonds. The molecular formula is C15H22BrN3O. The lowest BCUT2D eigenvalue weighted by Crippen LogP contribution is -2.33. The molecule has 110 valence electrons. The van der Waals surface area contributed by atoms with E-state index in [1.54, 1.807) is 0 Å². The highest BCUT2D eigenvalue weighted by Crippen LogP contribution is 2.25. The summed E-state index contributed by atoms with van der Waals surface area (Å²) in [6.45, 7) is 6.14. The van der Waals surface area contributed by atoms with E-state index in [9.17, 15) is 4.79 Å². The Labute approximate surface area is 129 Å². The predicted octanol–water partition coefficient (Wildman–Crippen LogP) is 2.28. The largest absolute Gasteiger partial charge is 0.362 e. The maximum absolute atomic E-state index is 11.7. The van der Waals surface area contributed by atoms with Crippen LogP contribution >= 0.6 is 15.9 Å². The highest BCUT2D eigenvalue weighted by atomic mass is 79.9. The van der Waals surface area contributed by atoms with E-state index in [1.165, 1.54) is 5.56 Å². The molecule has 0 unspecified atom stereocenters. The van der Waals surface area contributed by atoms with Gasteiger partial charge in [-0.2, -0.15) is 0 Å². The summed E-state index contributed by atoms with van der Waals surface area (Å²) in [5, 5.41) is 6.36. The fraction of sp³-hybridized carbons (Fsp3) is 0.533. The van der Waals surface area contributed by atoms with Crippen LogP contribution < -0.4 is 15.5 Å². The minimum Gasteiger partial charge on any atom is -0.362 e. The van der Waals surface area contributed by atoms with Crippen LogP contribution in [0.4, 0.5) is 5.69 Å². The molecule has 0 radical (unpaired) electrons. The summed E-state index contributed by atoms with van der Waals surface area (Å²) in [5.41, 5.74) is 2.40. The molecule has 20 heavy (non-hydrogen) atoms. The van der Waals surface area contributed by atoms with Gasteiger partial charge in [-0.25, -0.2) is 0 Å². The molecule has 0 aromatic heterocycles. The Kier molecular flexibility index (Phi) is 5.86. The monoisotopic (exact) mass is 339 g/mol. The first-order chi connectivity index (χ1) is 9.70. The Bertz CT molecular complexity index is 464. The van der Waals surface area contributed by atoms with Crippen LogP contribution in [0.25, 0.3) is 0 Å². The van der Waals surface area contributed by atoms with Crippen molar-refractivity contribution < 1.29 is 4.79 Å². The van der Waals surface area contributed by atoms with Gasteiger partial charge in [0.2, 0.25) is 5.91 Å². The van der Waals surface area contributed by atoms with Crippen molar-refractivity contribution in [2.24, 2.45) is 0 Å². The maximum atomic E-state index is 11.7. The number of anilines is 1. The lowest BCUT2D eigenvalue weighted by molar-refractivity contribution is -0.119. The first kappa shape index (κ1) is 15.3. The minimum absolute atomic E-state index is 0.109. The number of nitrogens with one attached hydrogen (secondary N) is 2. The first-order valence-corrected chi connectivity index (χ1v) is 8.01. The van der Waals surface area contributed by atoms with Crippen LogP contribution in [0.1, 0.15) is 25.3 Å². The number of hydrogen-bond donors (Lipinski definition) is 2. The van der Waals surface area contributed by atoms with Crippen molar-refractivity contribution in [1.82, 2.24) is 10.6 Å². The van der Waals surface area contributed by atoms with Crippen LogP contribution in [0.3, 0.4) is 0 Å². The molecule has 1 saturated heterocycles. The molecule has 0 saturated carbocycles. The number of carbonyl (C=O) groups is 1. The molecule has 1 aliphatic heterocycles. The van der Waals surface area contributed by atoms with Gasteiger partial charge in [0.15, 0.2) is 0 Å². The van der Waals surface area contributed by atoms with Gasteiger partial charge in [0.1, 0.15) is 0 Å². The standard InChI is InChI=1S/C15H22BrN3O/c1-2-6-17-10-12-9-13(16)4-5-14(12)19-8-3-7-18-15(20)11-19/h4-5,9,17H,2-3,6-8,10-11H2,1H3,(H,18,20). The van der Waals surface area contributed by atoms with Crippen LogP contribution in [0.5, 0.6) is 0 Å². The molecule has 2 N–H and O–H groups in total. The molecular weight excluding hydrogens is 318 g/mol. The van der Waals surface area contributed by atoms with Crippen LogP contribution in [0, 0.1) is 0 Å². The van der Waals surface area contributed by atoms with Crippen molar-refractivity contribution in [2.75, 3.05) is 31.1 Å². The van der Waals surface area contributed by atoms with E-state index in [-0.39, 0.29) is 5.91 Å². The van der Waals surface area contributed by atoms with Gasteiger partial charge in [0.25, 0.3) is 0 Å². The van der Waals surface area contributed by atoms with Gasteiger partial charge in [-0.3, -0.25) is 4.79 Å². The fourth-order valence-corrected chi connectivity index (χ4v) is 2.82. The number of hydrogen-bond acceptors (Lipinski definition) is 3. The van der Waals surface area contributed by atoms with E-state index in [1.807, 2.05) is 6.07 Å². The number of halogens is 1. The normalized spacial score (nSPS) is 15.9. The average molecular weight is 340 g/mol. The summed E-state index contributed by atoms with van der Waals surface area (Å²) in [4.78, 5) is 13.9. The fourth-order valence-electron chi connectivity index (χ4n) is 2.42. The molecule has 0 spiro atoms. The molecule has 1 aliphatic rings. The van der Waals surface area contributed by atoms with Gasteiger partial charge in [-0.15, -0.1) is 0 Å². The Morgan fingerprint density at radius 1 is 1.45 bits per heavy atom. The minimum atomic E-state index is 0.109. The molecule has 0 aliphatic carbocycles. The second kappa shape index (κ2) is 7.64. The van der Waals surface area contributed by atoms with Crippen molar-refractivity contribution in [3.05, 3.63) is 28.2 Å². The zero-order chi connectivity index (χ0) is 14.4. The van der Waals surface area contributed by atoms with Crippen LogP contribution in [0.2, 0.25) is 0 Å². The summed E-state index contributed by atoms with van der Waals surface area (Å²) in [7, 11) is 0. The molecule has 2 rings (SSSR count). The van der Waals surface area contributed by atoms with Crippen molar-refractivity contribution in [1.29, 1.82) is 0 Å². The predicted molar refractivity (Wildman–Crippen MR) is 86.0 cm³/mol. The van der Waals surface area contributed by atoms with E-state index in [2.05, 4.69) is 50.5 Å².